The second kappa shape index (κ2) is 9.74. The van der Waals surface area contributed by atoms with Gasteiger partial charge in [0.15, 0.2) is 0 Å². The first-order valence-corrected chi connectivity index (χ1v) is 11.5. The molecule has 0 unspecified atom stereocenters. The summed E-state index contributed by atoms with van der Waals surface area (Å²) in [6.07, 6.45) is 1.13. The third-order valence-electron chi connectivity index (χ3n) is 6.03. The molecule has 2 aliphatic rings. The van der Waals surface area contributed by atoms with E-state index in [1.807, 2.05) is 0 Å². The molecule has 2 aliphatic heterocycles. The number of hydrogen-bond acceptors (Lipinski definition) is 6. The van der Waals surface area contributed by atoms with Crippen LogP contribution in [-0.2, 0) is 10.5 Å². The van der Waals surface area contributed by atoms with Crippen LogP contribution in [-0.4, -0.2) is 65.9 Å². The summed E-state index contributed by atoms with van der Waals surface area (Å²) in [6.45, 7) is 1.72. The molecule has 0 bridgehead atoms. The quantitative estimate of drug-likeness (QED) is 0.429. The van der Waals surface area contributed by atoms with Crippen LogP contribution < -0.4 is 0 Å². The Kier molecular flexibility index (Phi) is 7.14. The molecule has 4 rings (SSSR count). The first kappa shape index (κ1) is 24.2. The summed E-state index contributed by atoms with van der Waals surface area (Å²) < 4.78 is 19.3. The molecule has 174 valence electrons. The Morgan fingerprint density at radius 1 is 1.27 bits per heavy atom. The average molecular weight is 510 g/mol. The SMILES string of the molecule is N=C/C(=C\S)c1cccc(C(=O)N2CCN3C[C@@](O)(c4ccc(F)c(Cl)c4)OC[C@@H]3C2)c1Cl. The average Bonchev–Trinajstić information content (AvgIpc) is 2.82. The lowest BCUT2D eigenvalue weighted by atomic mass is 9.99. The van der Waals surface area contributed by atoms with Crippen LogP contribution in [0.4, 0.5) is 4.39 Å². The van der Waals surface area contributed by atoms with Crippen LogP contribution in [0.5, 0.6) is 0 Å². The van der Waals surface area contributed by atoms with Crippen LogP contribution in [0.25, 0.3) is 5.57 Å². The smallest absolute Gasteiger partial charge is 0.255 e. The number of rotatable bonds is 4. The van der Waals surface area contributed by atoms with E-state index in [1.165, 1.54) is 23.6 Å². The van der Waals surface area contributed by atoms with Crippen molar-refractivity contribution in [3.05, 3.63) is 74.4 Å². The van der Waals surface area contributed by atoms with Gasteiger partial charge >= 0.3 is 0 Å². The number of hydrogen-bond donors (Lipinski definition) is 3. The van der Waals surface area contributed by atoms with Crippen LogP contribution in [0.2, 0.25) is 10.0 Å². The monoisotopic (exact) mass is 509 g/mol. The molecular weight excluding hydrogens is 488 g/mol. The van der Waals surface area contributed by atoms with Gasteiger partial charge in [-0.2, -0.15) is 12.6 Å². The minimum absolute atomic E-state index is 0.0832. The standard InChI is InChI=1S/C23H22Cl2FN3O3S/c24-19-8-15(4-5-20(19)26)23(31)13-29-7-6-28(10-16(29)11-32-23)22(30)18-3-1-2-17(21(18)25)14(9-27)12-33/h1-5,8-9,12,16,27,31,33H,6-7,10-11,13H2/b14-12+,27-9?/t16-,23-/m0/s1. The number of ether oxygens (including phenoxy) is 1. The zero-order valence-corrected chi connectivity index (χ0v) is 19.9. The Morgan fingerprint density at radius 3 is 2.73 bits per heavy atom. The minimum atomic E-state index is -1.61. The Bertz CT molecular complexity index is 1130. The maximum Gasteiger partial charge on any atom is 0.255 e. The van der Waals surface area contributed by atoms with Crippen molar-refractivity contribution in [1.29, 1.82) is 5.41 Å². The minimum Gasteiger partial charge on any atom is -0.361 e. The van der Waals surface area contributed by atoms with E-state index < -0.39 is 11.6 Å². The molecule has 2 saturated heterocycles. The van der Waals surface area contributed by atoms with Gasteiger partial charge in [0, 0.05) is 42.5 Å². The number of carbonyl (C=O) groups is 1. The molecule has 0 aliphatic carbocycles. The van der Waals surface area contributed by atoms with Crippen molar-refractivity contribution in [2.45, 2.75) is 11.8 Å². The number of piperazine rings is 1. The van der Waals surface area contributed by atoms with Crippen molar-refractivity contribution in [3.63, 3.8) is 0 Å². The van der Waals surface area contributed by atoms with E-state index in [0.717, 1.165) is 6.21 Å². The molecule has 2 N–H and O–H groups in total. The molecule has 2 fully saturated rings. The predicted octanol–water partition coefficient (Wildman–Crippen LogP) is 4.05. The molecule has 10 heteroatoms. The Hall–Kier alpha value is -1.94. The van der Waals surface area contributed by atoms with Gasteiger partial charge in [0.25, 0.3) is 5.91 Å². The lowest BCUT2D eigenvalue weighted by molar-refractivity contribution is -0.265. The molecule has 1 amide bonds. The van der Waals surface area contributed by atoms with E-state index in [-0.39, 0.29) is 35.1 Å². The number of aliphatic hydroxyl groups is 1. The zero-order chi connectivity index (χ0) is 23.8. The van der Waals surface area contributed by atoms with Crippen LogP contribution in [0.1, 0.15) is 21.5 Å². The molecule has 2 aromatic rings. The number of halogens is 3. The van der Waals surface area contributed by atoms with Crippen LogP contribution in [0.3, 0.4) is 0 Å². The summed E-state index contributed by atoms with van der Waals surface area (Å²) in [5.41, 5.74) is 1.80. The van der Waals surface area contributed by atoms with Gasteiger partial charge in [0.2, 0.25) is 5.79 Å². The van der Waals surface area contributed by atoms with E-state index in [0.29, 0.717) is 41.9 Å². The van der Waals surface area contributed by atoms with Gasteiger partial charge in [-0.05, 0) is 23.6 Å². The van der Waals surface area contributed by atoms with Gasteiger partial charge in [-0.1, -0.05) is 41.4 Å². The molecule has 2 atom stereocenters. The predicted molar refractivity (Wildman–Crippen MR) is 130 cm³/mol. The molecule has 2 heterocycles. The van der Waals surface area contributed by atoms with Crippen molar-refractivity contribution >= 4 is 53.5 Å². The largest absolute Gasteiger partial charge is 0.361 e. The molecule has 6 nitrogen and oxygen atoms in total. The Morgan fingerprint density at radius 2 is 2.03 bits per heavy atom. The fourth-order valence-electron chi connectivity index (χ4n) is 4.19. The molecule has 2 aromatic carbocycles. The van der Waals surface area contributed by atoms with E-state index >= 15 is 0 Å². The highest BCUT2D eigenvalue weighted by Gasteiger charge is 2.43. The maximum atomic E-state index is 13.5. The van der Waals surface area contributed by atoms with E-state index in [4.69, 9.17) is 33.3 Å². The number of benzene rings is 2. The number of carbonyl (C=O) groups excluding carboxylic acids is 1. The van der Waals surface area contributed by atoms with Gasteiger partial charge in [-0.3, -0.25) is 9.69 Å². The second-order valence-electron chi connectivity index (χ2n) is 8.00. The highest BCUT2D eigenvalue weighted by atomic mass is 35.5. The van der Waals surface area contributed by atoms with E-state index in [1.54, 1.807) is 23.1 Å². The summed E-state index contributed by atoms with van der Waals surface area (Å²) in [6, 6.07) is 9.04. The van der Waals surface area contributed by atoms with Crippen LogP contribution in [0.15, 0.2) is 41.8 Å². The highest BCUT2D eigenvalue weighted by molar-refractivity contribution is 7.83. The number of morpholine rings is 1. The van der Waals surface area contributed by atoms with Gasteiger partial charge in [-0.25, -0.2) is 4.39 Å². The van der Waals surface area contributed by atoms with Gasteiger partial charge in [0.1, 0.15) is 5.82 Å². The second-order valence-corrected chi connectivity index (χ2v) is 9.04. The molecule has 0 saturated carbocycles. The number of amides is 1. The fraction of sp³-hybridized carbons (Fsp3) is 0.304. The van der Waals surface area contributed by atoms with Gasteiger partial charge in [-0.15, -0.1) is 0 Å². The van der Waals surface area contributed by atoms with Crippen LogP contribution in [0, 0.1) is 11.2 Å². The van der Waals surface area contributed by atoms with Gasteiger partial charge in [0.05, 0.1) is 34.8 Å². The summed E-state index contributed by atoms with van der Waals surface area (Å²) in [7, 11) is 0. The van der Waals surface area contributed by atoms with Crippen molar-refractivity contribution in [3.8, 4) is 0 Å². The summed E-state index contributed by atoms with van der Waals surface area (Å²) in [5, 5.41) is 20.2. The Labute approximate surface area is 206 Å². The highest BCUT2D eigenvalue weighted by Crippen LogP contribution is 2.34. The summed E-state index contributed by atoms with van der Waals surface area (Å²) in [4.78, 5) is 17.0. The molecule has 0 spiro atoms. The van der Waals surface area contributed by atoms with Crippen molar-refractivity contribution in [1.82, 2.24) is 9.80 Å². The topological polar surface area (TPSA) is 76.9 Å². The van der Waals surface area contributed by atoms with Crippen molar-refractivity contribution < 1.29 is 19.0 Å². The van der Waals surface area contributed by atoms with Gasteiger partial charge < -0.3 is 20.2 Å². The first-order chi connectivity index (χ1) is 15.8. The fourth-order valence-corrected chi connectivity index (χ4v) is 4.90. The lowest BCUT2D eigenvalue weighted by Gasteiger charge is -2.49. The molecule has 0 aromatic heterocycles. The van der Waals surface area contributed by atoms with E-state index in [9.17, 15) is 14.3 Å². The number of nitrogens with one attached hydrogen (secondary N) is 1. The Balaban J connectivity index is 1.49. The van der Waals surface area contributed by atoms with E-state index in [2.05, 4.69) is 17.5 Å². The number of thiol groups is 1. The third-order valence-corrected chi connectivity index (χ3v) is 7.00. The summed E-state index contributed by atoms with van der Waals surface area (Å²) in [5.74, 6) is -2.39. The molecular formula is C23H22Cl2FN3O3S. The normalized spacial score (nSPS) is 23.8. The van der Waals surface area contributed by atoms with Crippen molar-refractivity contribution in [2.24, 2.45) is 0 Å². The van der Waals surface area contributed by atoms with Crippen LogP contribution >= 0.6 is 35.8 Å². The number of allylic oxidation sites excluding steroid dienone is 1. The maximum absolute atomic E-state index is 13.5. The first-order valence-electron chi connectivity index (χ1n) is 10.3. The number of fused-ring (bicyclic) bond motifs is 1. The molecule has 33 heavy (non-hydrogen) atoms. The summed E-state index contributed by atoms with van der Waals surface area (Å²) >= 11 is 16.5. The third kappa shape index (κ3) is 4.69. The van der Waals surface area contributed by atoms with Crippen molar-refractivity contribution in [2.75, 3.05) is 32.8 Å². The molecule has 0 radical (unpaired) electrons. The lowest BCUT2D eigenvalue weighted by Crippen LogP contribution is -2.63. The number of nitrogens with zero attached hydrogens (tertiary/aromatic N) is 2. The zero-order valence-electron chi connectivity index (χ0n) is 17.5.